The van der Waals surface area contributed by atoms with Gasteiger partial charge in [-0.2, -0.15) is 10.1 Å². The molecule has 1 heterocycles. The van der Waals surface area contributed by atoms with Gasteiger partial charge in [0, 0.05) is 17.7 Å². The number of phenolic OH excluding ortho intramolecular Hbond substituents is 1. The highest BCUT2D eigenvalue weighted by Gasteiger charge is 2.41. The Hall–Kier alpha value is -2.99. The van der Waals surface area contributed by atoms with Gasteiger partial charge in [-0.15, -0.1) is 0 Å². The minimum absolute atomic E-state index is 0.0462. The van der Waals surface area contributed by atoms with E-state index in [0.717, 1.165) is 30.0 Å². The van der Waals surface area contributed by atoms with Crippen molar-refractivity contribution in [2.75, 3.05) is 20.1 Å². The Morgan fingerprint density at radius 1 is 1.17 bits per heavy atom. The van der Waals surface area contributed by atoms with Gasteiger partial charge in [0.1, 0.15) is 5.75 Å². The summed E-state index contributed by atoms with van der Waals surface area (Å²) in [6.45, 7) is 5.33. The summed E-state index contributed by atoms with van der Waals surface area (Å²) in [6.07, 6.45) is 2.08. The fraction of sp³-hybridized carbons (Fsp3) is 0.348. The summed E-state index contributed by atoms with van der Waals surface area (Å²) in [5.41, 5.74) is 2.35. The number of benzene rings is 2. The van der Waals surface area contributed by atoms with Gasteiger partial charge in [0.15, 0.2) is 0 Å². The molecule has 3 rings (SSSR count). The van der Waals surface area contributed by atoms with Crippen molar-refractivity contribution in [2.24, 2.45) is 11.0 Å². The molecule has 0 saturated carbocycles. The van der Waals surface area contributed by atoms with Gasteiger partial charge >= 0.3 is 0 Å². The van der Waals surface area contributed by atoms with Gasteiger partial charge < -0.3 is 10.0 Å². The first kappa shape index (κ1) is 20.7. The normalized spacial score (nSPS) is 16.4. The Morgan fingerprint density at radius 3 is 2.52 bits per heavy atom. The molecule has 152 valence electrons. The van der Waals surface area contributed by atoms with Crippen molar-refractivity contribution in [2.45, 2.75) is 26.7 Å². The molecular weight excluding hydrogens is 366 g/mol. The largest absolute Gasteiger partial charge is 0.507 e. The summed E-state index contributed by atoms with van der Waals surface area (Å²) in [6, 6.07) is 13.8. The molecule has 0 saturated heterocycles. The molecule has 0 unspecified atom stereocenters. The lowest BCUT2D eigenvalue weighted by atomic mass is 9.95. The predicted octanol–water partition coefficient (Wildman–Crippen LogP) is 3.44. The van der Waals surface area contributed by atoms with Gasteiger partial charge in [0.05, 0.1) is 11.6 Å². The Labute approximate surface area is 171 Å². The molecule has 0 fully saturated rings. The van der Waals surface area contributed by atoms with Crippen LogP contribution in [0.1, 0.15) is 41.3 Å². The van der Waals surface area contributed by atoms with Crippen LogP contribution in [0, 0.1) is 12.8 Å². The van der Waals surface area contributed by atoms with Gasteiger partial charge in [-0.3, -0.25) is 9.59 Å². The van der Waals surface area contributed by atoms with Crippen LogP contribution in [0.4, 0.5) is 0 Å². The number of hydrogen-bond donors (Lipinski definition) is 1. The number of aryl methyl sites for hydroxylation is 1. The van der Waals surface area contributed by atoms with Gasteiger partial charge in [-0.25, -0.2) is 0 Å². The van der Waals surface area contributed by atoms with Gasteiger partial charge in [0.25, 0.3) is 11.8 Å². The minimum Gasteiger partial charge on any atom is -0.507 e. The van der Waals surface area contributed by atoms with Crippen LogP contribution < -0.4 is 0 Å². The standard InChI is InChI=1S/C23H27N3O3/c1-4-5-14-25(3)15-19-21(18-8-6-7-9-20(18)27)24-26(23(19)29)22(28)17-12-10-16(2)11-13-17/h6-13,19,27H,4-5,14-15H2,1-3H3/t19-/m1/s1. The number of hydrogen-bond acceptors (Lipinski definition) is 5. The van der Waals surface area contributed by atoms with E-state index in [1.54, 1.807) is 36.4 Å². The lowest BCUT2D eigenvalue weighted by molar-refractivity contribution is -0.129. The molecule has 6 heteroatoms. The third kappa shape index (κ3) is 4.54. The van der Waals surface area contributed by atoms with E-state index in [1.807, 2.05) is 26.1 Å². The number of nitrogens with zero attached hydrogens (tertiary/aromatic N) is 3. The van der Waals surface area contributed by atoms with Crippen LogP contribution in [-0.2, 0) is 4.79 Å². The second-order valence-electron chi connectivity index (χ2n) is 7.49. The summed E-state index contributed by atoms with van der Waals surface area (Å²) in [4.78, 5) is 28.2. The van der Waals surface area contributed by atoms with Crippen molar-refractivity contribution in [1.82, 2.24) is 9.91 Å². The fourth-order valence-corrected chi connectivity index (χ4v) is 3.38. The summed E-state index contributed by atoms with van der Waals surface area (Å²) in [5, 5.41) is 15.6. The lowest BCUT2D eigenvalue weighted by Gasteiger charge is -2.21. The second-order valence-corrected chi connectivity index (χ2v) is 7.49. The number of carbonyl (C=O) groups is 2. The molecule has 2 aromatic carbocycles. The topological polar surface area (TPSA) is 73.2 Å². The highest BCUT2D eigenvalue weighted by molar-refractivity contribution is 6.22. The van der Waals surface area contributed by atoms with E-state index >= 15 is 0 Å². The number of amides is 2. The van der Waals surface area contributed by atoms with Gasteiger partial charge in [0.2, 0.25) is 0 Å². The van der Waals surface area contributed by atoms with Crippen molar-refractivity contribution < 1.29 is 14.7 Å². The van der Waals surface area contributed by atoms with Gasteiger partial charge in [-0.05, 0) is 51.2 Å². The summed E-state index contributed by atoms with van der Waals surface area (Å²) >= 11 is 0. The zero-order chi connectivity index (χ0) is 21.0. The second kappa shape index (κ2) is 9.01. The van der Waals surface area contributed by atoms with Crippen molar-refractivity contribution >= 4 is 17.5 Å². The number of imide groups is 1. The lowest BCUT2D eigenvalue weighted by Crippen LogP contribution is -2.38. The van der Waals surface area contributed by atoms with Crippen LogP contribution >= 0.6 is 0 Å². The monoisotopic (exact) mass is 393 g/mol. The van der Waals surface area contributed by atoms with E-state index in [9.17, 15) is 14.7 Å². The highest BCUT2D eigenvalue weighted by Crippen LogP contribution is 2.28. The molecule has 1 atom stereocenters. The Morgan fingerprint density at radius 2 is 1.86 bits per heavy atom. The van der Waals surface area contributed by atoms with Crippen molar-refractivity contribution in [3.63, 3.8) is 0 Å². The molecule has 0 spiro atoms. The number of unbranched alkanes of at least 4 members (excludes halogenated alkanes) is 1. The SMILES string of the molecule is CCCCN(C)C[C@H]1C(=O)N(C(=O)c2ccc(C)cc2)N=C1c1ccccc1O. The summed E-state index contributed by atoms with van der Waals surface area (Å²) < 4.78 is 0. The minimum atomic E-state index is -0.612. The van der Waals surface area contributed by atoms with Crippen molar-refractivity contribution in [1.29, 1.82) is 0 Å². The number of hydrazone groups is 1. The van der Waals surface area contributed by atoms with Crippen LogP contribution in [0.5, 0.6) is 5.75 Å². The number of carbonyl (C=O) groups excluding carboxylic acids is 2. The van der Waals surface area contributed by atoms with Crippen LogP contribution in [0.3, 0.4) is 0 Å². The van der Waals surface area contributed by atoms with E-state index in [2.05, 4.69) is 16.9 Å². The first-order valence-corrected chi connectivity index (χ1v) is 9.92. The smallest absolute Gasteiger partial charge is 0.281 e. The Balaban J connectivity index is 1.94. The first-order chi connectivity index (χ1) is 13.9. The van der Waals surface area contributed by atoms with Crippen molar-refractivity contribution in [3.05, 3.63) is 65.2 Å². The van der Waals surface area contributed by atoms with Crippen LogP contribution in [-0.4, -0.2) is 52.7 Å². The third-order valence-electron chi connectivity index (χ3n) is 5.10. The molecule has 0 aromatic heterocycles. The average molecular weight is 393 g/mol. The molecular formula is C23H27N3O3. The molecule has 2 aromatic rings. The molecule has 6 nitrogen and oxygen atoms in total. The van der Waals surface area contributed by atoms with Crippen LogP contribution in [0.2, 0.25) is 0 Å². The van der Waals surface area contributed by atoms with Crippen LogP contribution in [0.25, 0.3) is 0 Å². The molecule has 1 aliphatic heterocycles. The predicted molar refractivity (Wildman–Crippen MR) is 113 cm³/mol. The summed E-state index contributed by atoms with van der Waals surface area (Å²) in [7, 11) is 1.95. The highest BCUT2D eigenvalue weighted by atomic mass is 16.3. The molecule has 1 aliphatic rings. The maximum atomic E-state index is 13.2. The Bertz CT molecular complexity index is 921. The molecule has 1 N–H and O–H groups in total. The van der Waals surface area contributed by atoms with Crippen LogP contribution in [0.15, 0.2) is 53.6 Å². The Kier molecular flexibility index (Phi) is 6.44. The first-order valence-electron chi connectivity index (χ1n) is 9.92. The maximum absolute atomic E-state index is 13.2. The zero-order valence-electron chi connectivity index (χ0n) is 17.1. The number of rotatable bonds is 7. The molecule has 0 aliphatic carbocycles. The van der Waals surface area contributed by atoms with E-state index < -0.39 is 11.8 Å². The van der Waals surface area contributed by atoms with E-state index in [-0.39, 0.29) is 11.7 Å². The number of phenols is 1. The van der Waals surface area contributed by atoms with E-state index in [4.69, 9.17) is 0 Å². The average Bonchev–Trinajstić information content (AvgIpc) is 3.03. The molecule has 2 amide bonds. The van der Waals surface area contributed by atoms with Gasteiger partial charge in [-0.1, -0.05) is 43.2 Å². The summed E-state index contributed by atoms with van der Waals surface area (Å²) in [5.74, 6) is -1.39. The molecule has 0 radical (unpaired) electrons. The maximum Gasteiger partial charge on any atom is 0.281 e. The molecule has 0 bridgehead atoms. The number of para-hydroxylation sites is 1. The molecule has 29 heavy (non-hydrogen) atoms. The number of aromatic hydroxyl groups is 1. The quantitative estimate of drug-likeness (QED) is 0.732. The third-order valence-corrected chi connectivity index (χ3v) is 5.10. The van der Waals surface area contributed by atoms with E-state index in [1.165, 1.54) is 0 Å². The fourth-order valence-electron chi connectivity index (χ4n) is 3.38. The van der Waals surface area contributed by atoms with E-state index in [0.29, 0.717) is 23.4 Å². The zero-order valence-corrected chi connectivity index (χ0v) is 17.1. The van der Waals surface area contributed by atoms with Crippen molar-refractivity contribution in [3.8, 4) is 5.75 Å².